The molecule has 0 aliphatic rings. The first kappa shape index (κ1) is 14.2. The van der Waals surface area contributed by atoms with Gasteiger partial charge in [-0.05, 0) is 44.3 Å². The molecule has 0 radical (unpaired) electrons. The molecular formula is C15H25N3O. The van der Waals surface area contributed by atoms with Gasteiger partial charge in [-0.25, -0.2) is 0 Å². The topological polar surface area (TPSA) is 95.1 Å². The molecule has 0 amide bonds. The van der Waals surface area contributed by atoms with Gasteiger partial charge >= 0.3 is 0 Å². The first-order valence-electron chi connectivity index (χ1n) is 7.44. The fourth-order valence-electron chi connectivity index (χ4n) is 2.08. The Labute approximate surface area is 116 Å². The van der Waals surface area contributed by atoms with Gasteiger partial charge in [0.25, 0.3) is 0 Å². The van der Waals surface area contributed by atoms with Crippen LogP contribution in [0.15, 0.2) is 24.3 Å². The van der Waals surface area contributed by atoms with Crippen LogP contribution in [0.5, 0.6) is 0 Å². The van der Waals surface area contributed by atoms with Gasteiger partial charge in [0, 0.05) is 5.56 Å². The average Bonchev–Trinajstić information content (AvgIpc) is 2.49. The molecule has 0 heterocycles. The lowest BCUT2D eigenvalue weighted by Gasteiger charge is -2.13. The molecule has 1 atom stereocenters. The van der Waals surface area contributed by atoms with Crippen LogP contribution in [0.3, 0.4) is 0 Å². The van der Waals surface area contributed by atoms with Crippen LogP contribution in [0.2, 0.25) is 1.41 Å². The van der Waals surface area contributed by atoms with Gasteiger partial charge in [0.15, 0.2) is 5.78 Å². The van der Waals surface area contributed by atoms with Crippen molar-refractivity contribution in [3.05, 3.63) is 35.4 Å². The molecule has 0 aromatic heterocycles. The largest absolute Gasteiger partial charge is 0.330 e. The van der Waals surface area contributed by atoms with Gasteiger partial charge in [0.1, 0.15) is 1.41 Å². The van der Waals surface area contributed by atoms with E-state index >= 15 is 0 Å². The maximum absolute atomic E-state index is 12.5. The molecule has 0 fully saturated rings. The number of Topliss-reactive ketones (excluding diaryl/α,β-unsaturated/α-hetero) is 1. The van der Waals surface area contributed by atoms with E-state index < -0.39 is 6.04 Å². The quantitative estimate of drug-likeness (QED) is 0.437. The minimum Gasteiger partial charge on any atom is -0.330 e. The monoisotopic (exact) mass is 264 g/mol. The number of hydrogen-bond donors (Lipinski definition) is 3. The summed E-state index contributed by atoms with van der Waals surface area (Å²) in [5.74, 6) is -0.00959. The van der Waals surface area contributed by atoms with Crippen molar-refractivity contribution in [2.24, 2.45) is 17.2 Å². The van der Waals surface area contributed by atoms with Crippen molar-refractivity contribution in [3.63, 3.8) is 0 Å². The van der Waals surface area contributed by atoms with Crippen LogP contribution in [0, 0.1) is 0 Å². The molecule has 1 aromatic rings. The Hall–Kier alpha value is -1.23. The lowest BCUT2D eigenvalue weighted by atomic mass is 9.94. The summed E-state index contributed by atoms with van der Waals surface area (Å²) in [7, 11) is 0. The Morgan fingerprint density at radius 1 is 1.16 bits per heavy atom. The van der Waals surface area contributed by atoms with E-state index in [2.05, 4.69) is 5.73 Å². The Morgan fingerprint density at radius 2 is 1.89 bits per heavy atom. The number of ketones is 1. The number of carbonyl (C=O) groups excluding carboxylic acids is 1. The second kappa shape index (κ2) is 8.80. The highest BCUT2D eigenvalue weighted by molar-refractivity contribution is 6.01. The summed E-state index contributed by atoms with van der Waals surface area (Å²) >= 11 is 0. The molecule has 19 heavy (non-hydrogen) atoms. The summed E-state index contributed by atoms with van der Waals surface area (Å²) in [6.07, 6.45) is 4.02. The summed E-state index contributed by atoms with van der Waals surface area (Å²) in [6, 6.07) is 7.13. The van der Waals surface area contributed by atoms with E-state index in [0.29, 0.717) is 25.1 Å². The number of rotatable bonds is 10. The lowest BCUT2D eigenvalue weighted by Crippen LogP contribution is -2.31. The van der Waals surface area contributed by atoms with Crippen molar-refractivity contribution in [3.8, 4) is 0 Å². The fourth-order valence-corrected chi connectivity index (χ4v) is 2.08. The standard InChI is InChI=1S/C15H25N3O/c16-10-4-3-9-14(18)15(19)13-8-2-1-6-12(13)7-5-11-17/h1-2,6,8,14H,3-5,7,9-11,16-18H2/t14-/m0/s1/i/hD. The van der Waals surface area contributed by atoms with Gasteiger partial charge in [0.05, 0.1) is 6.04 Å². The maximum atomic E-state index is 12.5. The van der Waals surface area contributed by atoms with Crippen LogP contribution in [0.25, 0.3) is 0 Å². The van der Waals surface area contributed by atoms with Crippen molar-refractivity contribution in [2.45, 2.75) is 38.1 Å². The summed E-state index contributed by atoms with van der Waals surface area (Å²) in [5.41, 5.74) is 15.1. The number of nitrogens with two attached hydrogens (primary N) is 3. The maximum Gasteiger partial charge on any atom is 0.179 e. The van der Waals surface area contributed by atoms with Crippen LogP contribution in [0.1, 0.15) is 41.6 Å². The number of hydrogen-bond acceptors (Lipinski definition) is 4. The molecule has 0 spiro atoms. The predicted molar refractivity (Wildman–Crippen MR) is 79.0 cm³/mol. The van der Waals surface area contributed by atoms with Gasteiger partial charge in [-0.1, -0.05) is 30.7 Å². The zero-order valence-electron chi connectivity index (χ0n) is 12.4. The van der Waals surface area contributed by atoms with E-state index in [-0.39, 0.29) is 5.78 Å². The molecule has 0 unspecified atom stereocenters. The molecule has 0 bridgehead atoms. The van der Waals surface area contributed by atoms with Crippen LogP contribution in [-0.2, 0) is 6.42 Å². The summed E-state index contributed by atoms with van der Waals surface area (Å²) in [6.45, 7) is 1.23. The molecule has 1 rings (SSSR count). The molecule has 0 saturated heterocycles. The fraction of sp³-hybridized carbons (Fsp3) is 0.533. The SMILES string of the molecule is [2H]N[C@@H](CCCCN)C(=O)c1ccccc1CCCN. The molecule has 0 aliphatic carbocycles. The number of carbonyl (C=O) groups is 1. The molecule has 4 nitrogen and oxygen atoms in total. The van der Waals surface area contributed by atoms with Crippen LogP contribution in [0.4, 0.5) is 0 Å². The van der Waals surface area contributed by atoms with E-state index in [9.17, 15) is 4.79 Å². The second-order valence-corrected chi connectivity index (χ2v) is 4.75. The first-order chi connectivity index (χ1) is 9.74. The molecule has 4 heteroatoms. The zero-order chi connectivity index (χ0) is 14.8. The van der Waals surface area contributed by atoms with E-state index in [0.717, 1.165) is 31.2 Å². The van der Waals surface area contributed by atoms with Crippen molar-refractivity contribution in [1.29, 1.82) is 0 Å². The lowest BCUT2D eigenvalue weighted by molar-refractivity contribution is 0.0955. The Bertz CT molecular complexity index is 412. The van der Waals surface area contributed by atoms with Crippen molar-refractivity contribution in [1.82, 2.24) is 0 Å². The van der Waals surface area contributed by atoms with Crippen LogP contribution < -0.4 is 17.2 Å². The van der Waals surface area contributed by atoms with Gasteiger partial charge in [-0.3, -0.25) is 4.79 Å². The van der Waals surface area contributed by atoms with Crippen molar-refractivity contribution >= 4 is 5.78 Å². The van der Waals surface area contributed by atoms with E-state index in [1.807, 2.05) is 24.3 Å². The second-order valence-electron chi connectivity index (χ2n) is 4.75. The highest BCUT2D eigenvalue weighted by Crippen LogP contribution is 2.14. The van der Waals surface area contributed by atoms with Crippen molar-refractivity contribution < 1.29 is 6.21 Å². The highest BCUT2D eigenvalue weighted by atomic mass is 16.1. The zero-order valence-corrected chi connectivity index (χ0v) is 11.4. The van der Waals surface area contributed by atoms with Gasteiger partial charge < -0.3 is 17.2 Å². The average molecular weight is 264 g/mol. The van der Waals surface area contributed by atoms with E-state index in [1.54, 1.807) is 0 Å². The molecule has 6 N–H and O–H groups in total. The molecule has 0 aliphatic heterocycles. The van der Waals surface area contributed by atoms with Crippen LogP contribution >= 0.6 is 0 Å². The summed E-state index contributed by atoms with van der Waals surface area (Å²) in [4.78, 5) is 12.5. The summed E-state index contributed by atoms with van der Waals surface area (Å²) < 4.78 is 7.36. The normalized spacial score (nSPS) is 13.1. The first-order valence-corrected chi connectivity index (χ1v) is 6.94. The van der Waals surface area contributed by atoms with E-state index in [1.165, 1.54) is 0 Å². The third-order valence-electron chi connectivity index (χ3n) is 3.20. The van der Waals surface area contributed by atoms with Crippen molar-refractivity contribution in [2.75, 3.05) is 13.1 Å². The predicted octanol–water partition coefficient (Wildman–Crippen LogP) is 1.22. The minimum atomic E-state index is -0.458. The molecule has 1 aromatic carbocycles. The van der Waals surface area contributed by atoms with E-state index in [4.69, 9.17) is 12.9 Å². The minimum absolute atomic E-state index is 0.00959. The van der Waals surface area contributed by atoms with Gasteiger partial charge in [-0.15, -0.1) is 0 Å². The third-order valence-corrected chi connectivity index (χ3v) is 3.20. The number of aryl methyl sites for hydroxylation is 1. The molecular weight excluding hydrogens is 238 g/mol. The Balaban J connectivity index is 2.77. The smallest absolute Gasteiger partial charge is 0.179 e. The molecule has 106 valence electrons. The number of unbranched alkanes of at least 4 members (excludes halogenated alkanes) is 1. The van der Waals surface area contributed by atoms with Gasteiger partial charge in [-0.2, -0.15) is 0 Å². The van der Waals surface area contributed by atoms with Gasteiger partial charge in [0.2, 0.25) is 0 Å². The molecule has 0 saturated carbocycles. The Kier molecular flexibility index (Phi) is 6.57. The third kappa shape index (κ3) is 5.11. The summed E-state index contributed by atoms with van der Waals surface area (Å²) in [5, 5.41) is 0. The Morgan fingerprint density at radius 3 is 2.58 bits per heavy atom. The number of benzene rings is 1. The highest BCUT2D eigenvalue weighted by Gasteiger charge is 2.17. The van der Waals surface area contributed by atoms with Crippen LogP contribution in [-0.4, -0.2) is 24.9 Å².